The van der Waals surface area contributed by atoms with Crippen molar-refractivity contribution in [1.82, 2.24) is 14.9 Å². The van der Waals surface area contributed by atoms with Crippen molar-refractivity contribution in [3.05, 3.63) is 16.3 Å². The van der Waals surface area contributed by atoms with Gasteiger partial charge in [0.1, 0.15) is 16.5 Å². The van der Waals surface area contributed by atoms with Gasteiger partial charge in [-0.3, -0.25) is 4.90 Å². The maximum absolute atomic E-state index is 9.14. The number of aromatic nitrogens is 2. The van der Waals surface area contributed by atoms with E-state index in [0.29, 0.717) is 5.82 Å². The third kappa shape index (κ3) is 4.00. The molecule has 0 aliphatic carbocycles. The quantitative estimate of drug-likeness (QED) is 0.772. The predicted octanol–water partition coefficient (Wildman–Crippen LogP) is 3.44. The van der Waals surface area contributed by atoms with Gasteiger partial charge in [-0.15, -0.1) is 11.3 Å². The summed E-state index contributed by atoms with van der Waals surface area (Å²) in [7, 11) is 0. The average molecular weight is 337 g/mol. The zero-order chi connectivity index (χ0) is 17.0. The van der Waals surface area contributed by atoms with Crippen molar-refractivity contribution in [1.29, 1.82) is 0 Å². The highest BCUT2D eigenvalue weighted by Gasteiger charge is 2.20. The molecule has 0 fully saturated rings. The highest BCUT2D eigenvalue weighted by atomic mass is 32.1. The van der Waals surface area contributed by atoms with Crippen LogP contribution in [0, 0.1) is 13.8 Å². The van der Waals surface area contributed by atoms with Crippen LogP contribution in [0.1, 0.15) is 55.4 Å². The average Bonchev–Trinajstić information content (AvgIpc) is 2.82. The number of anilines is 1. The van der Waals surface area contributed by atoms with Gasteiger partial charge in [0.15, 0.2) is 0 Å². The molecule has 0 amide bonds. The summed E-state index contributed by atoms with van der Waals surface area (Å²) >= 11 is 1.68. The molecule has 0 radical (unpaired) electrons. The second-order valence-electron chi connectivity index (χ2n) is 6.07. The van der Waals surface area contributed by atoms with Crippen molar-refractivity contribution in [2.24, 2.45) is 0 Å². The van der Waals surface area contributed by atoms with Gasteiger partial charge >= 0.3 is 0 Å². The monoisotopic (exact) mass is 336 g/mol. The normalized spacial score (nSPS) is 13.1. The Morgan fingerprint density at radius 3 is 2.57 bits per heavy atom. The largest absolute Gasteiger partial charge is 0.396 e. The molecule has 23 heavy (non-hydrogen) atoms. The van der Waals surface area contributed by atoms with Crippen LogP contribution in [0.25, 0.3) is 10.2 Å². The minimum atomic E-state index is 0.0995. The molecule has 6 heteroatoms. The Bertz CT molecular complexity index is 648. The molecule has 0 saturated carbocycles. The van der Waals surface area contributed by atoms with Gasteiger partial charge in [-0.1, -0.05) is 13.3 Å². The van der Waals surface area contributed by atoms with Crippen molar-refractivity contribution >= 4 is 27.4 Å². The Kier molecular flexibility index (Phi) is 6.33. The second kappa shape index (κ2) is 8.04. The summed E-state index contributed by atoms with van der Waals surface area (Å²) in [6, 6.07) is 0.0995. The number of rotatable bonds is 8. The van der Waals surface area contributed by atoms with Crippen molar-refractivity contribution in [3.63, 3.8) is 0 Å². The molecule has 2 aromatic rings. The molecule has 1 atom stereocenters. The van der Waals surface area contributed by atoms with E-state index in [2.05, 4.69) is 37.6 Å². The van der Waals surface area contributed by atoms with Gasteiger partial charge in [-0.05, 0) is 45.7 Å². The fourth-order valence-electron chi connectivity index (χ4n) is 2.78. The summed E-state index contributed by atoms with van der Waals surface area (Å²) in [5, 5.41) is 10.1. The molecule has 0 aliphatic rings. The lowest BCUT2D eigenvalue weighted by atomic mass is 10.2. The summed E-state index contributed by atoms with van der Waals surface area (Å²) in [5.74, 6) is 1.36. The van der Waals surface area contributed by atoms with E-state index in [1.807, 2.05) is 0 Å². The molecular formula is C17H28N4OS. The molecular weight excluding hydrogens is 308 g/mol. The van der Waals surface area contributed by atoms with Gasteiger partial charge in [0, 0.05) is 18.0 Å². The Morgan fingerprint density at radius 1 is 1.22 bits per heavy atom. The highest BCUT2D eigenvalue weighted by Crippen LogP contribution is 2.33. The molecule has 128 valence electrons. The summed E-state index contributed by atoms with van der Waals surface area (Å²) in [6.07, 6.45) is 3.04. The van der Waals surface area contributed by atoms with Crippen LogP contribution in [0.3, 0.4) is 0 Å². The minimum Gasteiger partial charge on any atom is -0.396 e. The lowest BCUT2D eigenvalue weighted by Gasteiger charge is -2.28. The van der Waals surface area contributed by atoms with Crippen LogP contribution in [-0.4, -0.2) is 39.7 Å². The SMILES string of the molecule is CCCCN(CCCO)C(C)c1nc(N)c2c(C)c(C)sc2n1. The summed E-state index contributed by atoms with van der Waals surface area (Å²) in [4.78, 5) is 13.9. The number of aliphatic hydroxyl groups is 1. The van der Waals surface area contributed by atoms with E-state index in [1.165, 1.54) is 10.4 Å². The van der Waals surface area contributed by atoms with Gasteiger partial charge in [-0.25, -0.2) is 9.97 Å². The molecule has 0 spiro atoms. The molecule has 5 nitrogen and oxygen atoms in total. The van der Waals surface area contributed by atoms with E-state index < -0.39 is 0 Å². The van der Waals surface area contributed by atoms with Gasteiger partial charge in [-0.2, -0.15) is 0 Å². The molecule has 0 saturated heterocycles. The van der Waals surface area contributed by atoms with Crippen LogP contribution < -0.4 is 5.73 Å². The second-order valence-corrected chi connectivity index (χ2v) is 7.28. The minimum absolute atomic E-state index is 0.0995. The summed E-state index contributed by atoms with van der Waals surface area (Å²) in [6.45, 7) is 10.5. The van der Waals surface area contributed by atoms with E-state index in [4.69, 9.17) is 15.8 Å². The zero-order valence-electron chi connectivity index (χ0n) is 14.6. The highest BCUT2D eigenvalue weighted by molar-refractivity contribution is 7.18. The Morgan fingerprint density at radius 2 is 1.91 bits per heavy atom. The topological polar surface area (TPSA) is 75.3 Å². The number of fused-ring (bicyclic) bond motifs is 1. The molecule has 2 rings (SSSR count). The number of aliphatic hydroxyl groups excluding tert-OH is 1. The third-order valence-corrected chi connectivity index (χ3v) is 5.50. The van der Waals surface area contributed by atoms with E-state index in [0.717, 1.165) is 48.4 Å². The first kappa shape index (κ1) is 18.1. The predicted molar refractivity (Wildman–Crippen MR) is 97.9 cm³/mol. The number of hydrogen-bond donors (Lipinski definition) is 2. The maximum atomic E-state index is 9.14. The number of hydrogen-bond acceptors (Lipinski definition) is 6. The lowest BCUT2D eigenvalue weighted by molar-refractivity contribution is 0.176. The molecule has 2 heterocycles. The van der Waals surface area contributed by atoms with Gasteiger partial charge in [0.2, 0.25) is 0 Å². The standard InChI is InChI=1S/C17H28N4OS/c1-5-6-8-21(9-7-10-22)12(3)16-19-15(18)14-11(2)13(4)23-17(14)20-16/h12,22H,5-10H2,1-4H3,(H2,18,19,20). The molecule has 3 N–H and O–H groups in total. The molecule has 0 aromatic carbocycles. The molecule has 2 aromatic heterocycles. The van der Waals surface area contributed by atoms with Crippen LogP contribution in [0.2, 0.25) is 0 Å². The van der Waals surface area contributed by atoms with Crippen molar-refractivity contribution in [2.45, 2.75) is 53.0 Å². The summed E-state index contributed by atoms with van der Waals surface area (Å²) in [5.41, 5.74) is 7.39. The van der Waals surface area contributed by atoms with Crippen LogP contribution in [0.4, 0.5) is 5.82 Å². The number of nitrogen functional groups attached to an aromatic ring is 1. The zero-order valence-corrected chi connectivity index (χ0v) is 15.4. The van der Waals surface area contributed by atoms with Crippen LogP contribution in [-0.2, 0) is 0 Å². The molecule has 0 aliphatic heterocycles. The Labute approximate surface area is 142 Å². The third-order valence-electron chi connectivity index (χ3n) is 4.40. The number of nitrogens with zero attached hydrogens (tertiary/aromatic N) is 3. The van der Waals surface area contributed by atoms with Gasteiger partial charge in [0.05, 0.1) is 11.4 Å². The summed E-state index contributed by atoms with van der Waals surface area (Å²) < 4.78 is 0. The number of thiophene rings is 1. The first-order valence-electron chi connectivity index (χ1n) is 8.37. The number of aryl methyl sites for hydroxylation is 2. The fraction of sp³-hybridized carbons (Fsp3) is 0.647. The fourth-order valence-corrected chi connectivity index (χ4v) is 3.83. The van der Waals surface area contributed by atoms with Crippen LogP contribution in [0.5, 0.6) is 0 Å². The molecule has 0 bridgehead atoms. The van der Waals surface area contributed by atoms with E-state index >= 15 is 0 Å². The smallest absolute Gasteiger partial charge is 0.149 e. The Hall–Kier alpha value is -1.24. The first-order valence-corrected chi connectivity index (χ1v) is 9.19. The van der Waals surface area contributed by atoms with Gasteiger partial charge in [0.25, 0.3) is 0 Å². The van der Waals surface area contributed by atoms with Gasteiger partial charge < -0.3 is 10.8 Å². The maximum Gasteiger partial charge on any atom is 0.149 e. The van der Waals surface area contributed by atoms with E-state index in [1.54, 1.807) is 11.3 Å². The Balaban J connectivity index is 2.32. The van der Waals surface area contributed by atoms with Crippen LogP contribution in [0.15, 0.2) is 0 Å². The van der Waals surface area contributed by atoms with Crippen molar-refractivity contribution in [3.8, 4) is 0 Å². The number of unbranched alkanes of at least 4 members (excludes halogenated alkanes) is 1. The van der Waals surface area contributed by atoms with E-state index in [9.17, 15) is 0 Å². The van der Waals surface area contributed by atoms with E-state index in [-0.39, 0.29) is 12.6 Å². The number of nitrogens with two attached hydrogens (primary N) is 1. The van der Waals surface area contributed by atoms with Crippen molar-refractivity contribution in [2.75, 3.05) is 25.4 Å². The molecule has 1 unspecified atom stereocenters. The lowest BCUT2D eigenvalue weighted by Crippen LogP contribution is -2.31. The first-order chi connectivity index (χ1) is 11.0. The van der Waals surface area contributed by atoms with Crippen molar-refractivity contribution < 1.29 is 5.11 Å². The van der Waals surface area contributed by atoms with Crippen LogP contribution >= 0.6 is 11.3 Å².